The quantitative estimate of drug-likeness (QED) is 0.100. The predicted molar refractivity (Wildman–Crippen MR) is 391 cm³/mol. The Labute approximate surface area is 531 Å². The highest BCUT2D eigenvalue weighted by Crippen LogP contribution is 2.65. The minimum absolute atomic E-state index is 0.521. The summed E-state index contributed by atoms with van der Waals surface area (Å²) in [6, 6.07) is 95.9. The third-order valence-electron chi connectivity index (χ3n) is 16.0. The van der Waals surface area contributed by atoms with E-state index in [1.807, 2.05) is 84.1 Å². The van der Waals surface area contributed by atoms with Crippen molar-refractivity contribution < 1.29 is 0 Å². The lowest BCUT2D eigenvalue weighted by atomic mass is 9.70. The summed E-state index contributed by atoms with van der Waals surface area (Å²) in [5, 5.41) is 2.48. The SMILES string of the molecule is C/C=C\C=C/CC.C=C/C=C(\C=C)c1ccc(N(c2ccccc2)c2ccc(-c3cccc4c3-c3c(ccc5ccccc35)C43c4ccccc4-c4ccccc43)c(N(c3ccccc3)c3ccc(-c4ccccc4)cc3)c2)cc1.C=C/C=C\C.CC.CC. The summed E-state index contributed by atoms with van der Waals surface area (Å²) in [5.74, 6) is 0. The Balaban J connectivity index is 0.000000529. The summed E-state index contributed by atoms with van der Waals surface area (Å²) in [7, 11) is 0. The Kier molecular flexibility index (Phi) is 21.7. The van der Waals surface area contributed by atoms with E-state index < -0.39 is 5.41 Å². The Morgan fingerprint density at radius 3 is 1.47 bits per heavy atom. The van der Waals surface area contributed by atoms with Crippen LogP contribution in [-0.4, -0.2) is 0 Å². The summed E-state index contributed by atoms with van der Waals surface area (Å²) in [6.07, 6.45) is 20.6. The molecule has 11 aromatic carbocycles. The van der Waals surface area contributed by atoms with Gasteiger partial charge < -0.3 is 9.80 Å². The molecule has 2 heteroatoms. The first kappa shape index (κ1) is 63.0. The fraction of sp³-hybridized carbons (Fsp3) is 0.103. The first-order valence-corrected chi connectivity index (χ1v) is 31.4. The molecule has 0 fully saturated rings. The third kappa shape index (κ3) is 12.8. The van der Waals surface area contributed by atoms with Crippen LogP contribution < -0.4 is 9.80 Å². The van der Waals surface area contributed by atoms with E-state index in [1.165, 1.54) is 72.0 Å². The highest BCUT2D eigenvalue weighted by atomic mass is 15.2. The van der Waals surface area contributed by atoms with Gasteiger partial charge in [-0.1, -0.05) is 315 Å². The van der Waals surface area contributed by atoms with Crippen LogP contribution in [0.5, 0.6) is 0 Å². The van der Waals surface area contributed by atoms with E-state index in [-0.39, 0.29) is 0 Å². The first-order valence-electron chi connectivity index (χ1n) is 31.4. The normalized spacial score (nSPS) is 12.0. The van der Waals surface area contributed by atoms with Crippen molar-refractivity contribution in [2.75, 3.05) is 9.80 Å². The number of hydrogen-bond acceptors (Lipinski definition) is 2. The van der Waals surface area contributed by atoms with Gasteiger partial charge in [-0.2, -0.15) is 0 Å². The summed E-state index contributed by atoms with van der Waals surface area (Å²) >= 11 is 0. The van der Waals surface area contributed by atoms with Crippen LogP contribution >= 0.6 is 0 Å². The van der Waals surface area contributed by atoms with Gasteiger partial charge in [0.1, 0.15) is 0 Å². The van der Waals surface area contributed by atoms with Crippen molar-refractivity contribution in [1.82, 2.24) is 0 Å². The second-order valence-corrected chi connectivity index (χ2v) is 21.0. The molecular weight excluding hydrogens is 1070 g/mol. The number of allylic oxidation sites excluding steroid dienone is 11. The van der Waals surface area contributed by atoms with Crippen LogP contribution in [0.4, 0.5) is 34.1 Å². The number of anilines is 6. The molecule has 0 aromatic heterocycles. The van der Waals surface area contributed by atoms with Crippen LogP contribution in [0.15, 0.2) is 341 Å². The average Bonchev–Trinajstić information content (AvgIpc) is 1.51. The van der Waals surface area contributed by atoms with Gasteiger partial charge in [-0.25, -0.2) is 0 Å². The Morgan fingerprint density at radius 2 is 0.888 bits per heavy atom. The molecule has 0 heterocycles. The van der Waals surface area contributed by atoms with Crippen LogP contribution in [0.1, 0.15) is 82.7 Å². The second kappa shape index (κ2) is 30.7. The zero-order valence-electron chi connectivity index (χ0n) is 52.8. The molecule has 0 radical (unpaired) electrons. The van der Waals surface area contributed by atoms with Gasteiger partial charge in [0, 0.05) is 34.0 Å². The number of rotatable bonds is 14. The fourth-order valence-electron chi connectivity index (χ4n) is 12.4. The lowest BCUT2D eigenvalue weighted by molar-refractivity contribution is 0.794. The number of benzene rings is 11. The van der Waals surface area contributed by atoms with Crippen LogP contribution in [0.25, 0.3) is 60.9 Å². The van der Waals surface area contributed by atoms with E-state index in [4.69, 9.17) is 0 Å². The zero-order chi connectivity index (χ0) is 62.5. The monoisotopic (exact) mass is 1150 g/mol. The summed E-state index contributed by atoms with van der Waals surface area (Å²) in [5.41, 5.74) is 22.9. The van der Waals surface area contributed by atoms with Crippen LogP contribution in [-0.2, 0) is 5.41 Å². The zero-order valence-corrected chi connectivity index (χ0v) is 52.8. The third-order valence-corrected chi connectivity index (χ3v) is 16.0. The summed E-state index contributed by atoms with van der Waals surface area (Å²) in [6.45, 7) is 25.6. The molecule has 0 saturated heterocycles. The fourth-order valence-corrected chi connectivity index (χ4v) is 12.4. The summed E-state index contributed by atoms with van der Waals surface area (Å²) < 4.78 is 0. The van der Waals surface area contributed by atoms with E-state index in [0.717, 1.165) is 57.2 Å². The van der Waals surface area contributed by atoms with Crippen molar-refractivity contribution in [1.29, 1.82) is 0 Å². The smallest absolute Gasteiger partial charge is 0.0725 e. The number of hydrogen-bond donors (Lipinski definition) is 0. The number of para-hydroxylation sites is 2. The molecule has 2 nitrogen and oxygen atoms in total. The van der Waals surface area contributed by atoms with Crippen LogP contribution in [0, 0.1) is 0 Å². The molecule has 13 rings (SSSR count). The largest absolute Gasteiger partial charge is 0.310 e. The molecule has 440 valence electrons. The van der Waals surface area contributed by atoms with Gasteiger partial charge in [-0.15, -0.1) is 0 Å². The standard InChI is InChI=1S/C71H50N2.C7H12.C5H8.2C2H6/c1-3-21-49(4-2)51-36-41-56(42-37-51)72(54-25-10-6-11-26-54)58-45-46-62(68(48-58)73(55-27-12-7-13-28-55)57-43-38-52(39-44-57)50-22-8-5-9-23-50)63-32-20-35-66-70(63)69-59-29-15-14-24-53(59)40-47-67(69)71(66)64-33-18-16-30-60(64)61-31-17-19-34-65(61)71;1-3-5-7-6-4-2;1-3-5-4-2;2*1-2/h3-48H,1-2H2;3,5-7H,4H2,1-2H3;3-5H,1H2,2H3;2*1-2H3/b49-21+;5-3-,7-6-;5-4-;;. The molecule has 0 bridgehead atoms. The Morgan fingerprint density at radius 1 is 0.393 bits per heavy atom. The molecule has 0 atom stereocenters. The van der Waals surface area contributed by atoms with E-state index >= 15 is 0 Å². The van der Waals surface area contributed by atoms with Crippen molar-refractivity contribution in [2.24, 2.45) is 0 Å². The topological polar surface area (TPSA) is 6.48 Å². The van der Waals surface area contributed by atoms with Gasteiger partial charge in [0.2, 0.25) is 0 Å². The second-order valence-electron chi connectivity index (χ2n) is 21.0. The van der Waals surface area contributed by atoms with Gasteiger partial charge in [-0.3, -0.25) is 0 Å². The molecule has 0 saturated carbocycles. The molecule has 0 N–H and O–H groups in total. The molecule has 0 unspecified atom stereocenters. The summed E-state index contributed by atoms with van der Waals surface area (Å²) in [4.78, 5) is 4.81. The maximum absolute atomic E-state index is 4.10. The first-order chi connectivity index (χ1) is 44.0. The van der Waals surface area contributed by atoms with Crippen LogP contribution in [0.2, 0.25) is 0 Å². The van der Waals surface area contributed by atoms with Crippen molar-refractivity contribution >= 4 is 50.5 Å². The molecule has 0 aliphatic heterocycles. The van der Waals surface area contributed by atoms with E-state index in [0.29, 0.717) is 0 Å². The Hall–Kier alpha value is -10.5. The highest BCUT2D eigenvalue weighted by molar-refractivity contribution is 6.11. The molecule has 11 aromatic rings. The van der Waals surface area contributed by atoms with Gasteiger partial charge in [0.25, 0.3) is 0 Å². The lowest BCUT2D eigenvalue weighted by Crippen LogP contribution is -2.25. The number of nitrogens with zero attached hydrogens (tertiary/aromatic N) is 2. The van der Waals surface area contributed by atoms with Gasteiger partial charge in [0.15, 0.2) is 0 Å². The van der Waals surface area contributed by atoms with Crippen LogP contribution in [0.3, 0.4) is 0 Å². The Bertz CT molecular complexity index is 4230. The maximum atomic E-state index is 4.10. The van der Waals surface area contributed by atoms with Crippen molar-refractivity contribution in [3.63, 3.8) is 0 Å². The average molecular weight is 1160 g/mol. The molecule has 0 amide bonds. The van der Waals surface area contributed by atoms with E-state index in [2.05, 4.69) is 309 Å². The van der Waals surface area contributed by atoms with E-state index in [9.17, 15) is 0 Å². The van der Waals surface area contributed by atoms with Crippen molar-refractivity contribution in [3.8, 4) is 44.5 Å². The van der Waals surface area contributed by atoms with Crippen molar-refractivity contribution in [2.45, 2.75) is 60.3 Å². The highest BCUT2D eigenvalue weighted by Gasteiger charge is 2.52. The molecule has 89 heavy (non-hydrogen) atoms. The van der Waals surface area contributed by atoms with Gasteiger partial charge in [-0.05, 0) is 164 Å². The maximum Gasteiger partial charge on any atom is 0.0725 e. The molecule has 2 aliphatic carbocycles. The van der Waals surface area contributed by atoms with Gasteiger partial charge in [0.05, 0.1) is 11.1 Å². The van der Waals surface area contributed by atoms with E-state index in [1.54, 1.807) is 6.08 Å². The lowest BCUT2D eigenvalue weighted by Gasteiger charge is -2.32. The van der Waals surface area contributed by atoms with Gasteiger partial charge >= 0.3 is 0 Å². The van der Waals surface area contributed by atoms with Crippen molar-refractivity contribution in [3.05, 3.63) is 369 Å². The minimum Gasteiger partial charge on any atom is -0.310 e. The number of fused-ring (bicyclic) bond motifs is 12. The molecule has 2 aliphatic rings. The minimum atomic E-state index is -0.521. The molecular formula is C87H82N2. The molecule has 1 spiro atoms. The predicted octanol–water partition coefficient (Wildman–Crippen LogP) is 25.5.